The number of hydrogen-bond acceptors (Lipinski definition) is 5. The zero-order valence-corrected chi connectivity index (χ0v) is 13.3. The van der Waals surface area contributed by atoms with Gasteiger partial charge in [-0.2, -0.15) is 0 Å². The van der Waals surface area contributed by atoms with E-state index in [-0.39, 0.29) is 24.6 Å². The fourth-order valence-corrected chi connectivity index (χ4v) is 2.63. The molecule has 1 N–H and O–H groups in total. The van der Waals surface area contributed by atoms with Gasteiger partial charge in [-0.3, -0.25) is 9.59 Å². The Morgan fingerprint density at radius 3 is 2.79 bits per heavy atom. The molecule has 2 aromatic rings. The molecule has 0 aliphatic carbocycles. The summed E-state index contributed by atoms with van der Waals surface area (Å²) in [6.45, 7) is 2.92. The SMILES string of the molecule is Cc1ccc(-n2cc(C(=O)N3CCOCC3CC(=O)O)nn2)cc1. The maximum absolute atomic E-state index is 12.7. The van der Waals surface area contributed by atoms with Crippen molar-refractivity contribution in [2.24, 2.45) is 0 Å². The number of aryl methyl sites for hydroxylation is 1. The topological polar surface area (TPSA) is 97.5 Å². The molecule has 2 heterocycles. The van der Waals surface area contributed by atoms with Crippen LogP contribution in [0.1, 0.15) is 22.5 Å². The smallest absolute Gasteiger partial charge is 0.305 e. The normalized spacial score (nSPS) is 17.7. The van der Waals surface area contributed by atoms with Crippen LogP contribution in [0.3, 0.4) is 0 Å². The molecule has 1 fully saturated rings. The zero-order valence-electron chi connectivity index (χ0n) is 13.3. The number of nitrogens with zero attached hydrogens (tertiary/aromatic N) is 4. The molecule has 1 unspecified atom stereocenters. The average Bonchev–Trinajstić information content (AvgIpc) is 3.05. The van der Waals surface area contributed by atoms with Crippen LogP contribution in [0, 0.1) is 6.92 Å². The van der Waals surface area contributed by atoms with Crippen molar-refractivity contribution in [2.75, 3.05) is 19.8 Å². The first-order valence-electron chi connectivity index (χ1n) is 7.64. The Bertz CT molecular complexity index is 741. The molecule has 0 saturated carbocycles. The number of aliphatic carboxylic acids is 1. The van der Waals surface area contributed by atoms with Crippen molar-refractivity contribution >= 4 is 11.9 Å². The van der Waals surface area contributed by atoms with E-state index in [4.69, 9.17) is 9.84 Å². The van der Waals surface area contributed by atoms with Gasteiger partial charge >= 0.3 is 5.97 Å². The Balaban J connectivity index is 1.79. The molecule has 1 amide bonds. The van der Waals surface area contributed by atoms with Gasteiger partial charge < -0.3 is 14.7 Å². The summed E-state index contributed by atoms with van der Waals surface area (Å²) in [6.07, 6.45) is 1.40. The van der Waals surface area contributed by atoms with Crippen LogP contribution >= 0.6 is 0 Å². The molecule has 8 nitrogen and oxygen atoms in total. The van der Waals surface area contributed by atoms with Gasteiger partial charge in [0.25, 0.3) is 5.91 Å². The highest BCUT2D eigenvalue weighted by molar-refractivity contribution is 5.92. The molecule has 0 spiro atoms. The molecular formula is C16H18N4O4. The van der Waals surface area contributed by atoms with Crippen LogP contribution in [-0.2, 0) is 9.53 Å². The second-order valence-corrected chi connectivity index (χ2v) is 5.71. The summed E-state index contributed by atoms with van der Waals surface area (Å²) in [4.78, 5) is 25.1. The van der Waals surface area contributed by atoms with Gasteiger partial charge in [-0.05, 0) is 19.1 Å². The first-order chi connectivity index (χ1) is 11.5. The Hall–Kier alpha value is -2.74. The second kappa shape index (κ2) is 6.79. The van der Waals surface area contributed by atoms with Crippen molar-refractivity contribution in [3.05, 3.63) is 41.7 Å². The molecule has 0 radical (unpaired) electrons. The van der Waals surface area contributed by atoms with Gasteiger partial charge in [0.15, 0.2) is 5.69 Å². The number of carbonyl (C=O) groups excluding carboxylic acids is 1. The van der Waals surface area contributed by atoms with E-state index in [1.165, 1.54) is 9.58 Å². The van der Waals surface area contributed by atoms with Crippen molar-refractivity contribution < 1.29 is 19.4 Å². The van der Waals surface area contributed by atoms with Crippen LogP contribution < -0.4 is 0 Å². The van der Waals surface area contributed by atoms with Crippen molar-refractivity contribution in [3.8, 4) is 5.69 Å². The standard InChI is InChI=1S/C16H18N4O4/c1-11-2-4-12(5-3-11)20-9-14(17-18-20)16(23)19-6-7-24-10-13(19)8-15(21)22/h2-5,9,13H,6-8,10H2,1H3,(H,21,22). The molecule has 126 valence electrons. The highest BCUT2D eigenvalue weighted by Crippen LogP contribution is 2.15. The number of benzene rings is 1. The summed E-state index contributed by atoms with van der Waals surface area (Å²) in [6, 6.07) is 7.18. The van der Waals surface area contributed by atoms with Crippen LogP contribution in [0.5, 0.6) is 0 Å². The minimum atomic E-state index is -0.966. The zero-order chi connectivity index (χ0) is 17.1. The lowest BCUT2D eigenvalue weighted by atomic mass is 10.1. The van der Waals surface area contributed by atoms with Crippen molar-refractivity contribution in [1.82, 2.24) is 19.9 Å². The molecule has 8 heteroatoms. The summed E-state index contributed by atoms with van der Waals surface area (Å²) >= 11 is 0. The molecule has 1 aliphatic heterocycles. The van der Waals surface area contributed by atoms with Crippen LogP contribution in [0.25, 0.3) is 5.69 Å². The van der Waals surface area contributed by atoms with Crippen molar-refractivity contribution in [2.45, 2.75) is 19.4 Å². The molecule has 1 atom stereocenters. The Labute approximate surface area is 138 Å². The van der Waals surface area contributed by atoms with E-state index in [9.17, 15) is 9.59 Å². The molecule has 24 heavy (non-hydrogen) atoms. The fraction of sp³-hybridized carbons (Fsp3) is 0.375. The maximum Gasteiger partial charge on any atom is 0.305 e. The summed E-state index contributed by atoms with van der Waals surface area (Å²) in [5.74, 6) is -1.30. The van der Waals surface area contributed by atoms with Gasteiger partial charge in [-0.15, -0.1) is 5.10 Å². The van der Waals surface area contributed by atoms with E-state index in [2.05, 4.69) is 10.3 Å². The van der Waals surface area contributed by atoms with E-state index in [1.807, 2.05) is 31.2 Å². The Morgan fingerprint density at radius 2 is 2.08 bits per heavy atom. The third kappa shape index (κ3) is 3.43. The maximum atomic E-state index is 12.7. The summed E-state index contributed by atoms with van der Waals surface area (Å²) in [7, 11) is 0. The Kier molecular flexibility index (Phi) is 4.57. The van der Waals surface area contributed by atoms with Crippen LogP contribution in [0.15, 0.2) is 30.5 Å². The number of aromatic nitrogens is 3. The first-order valence-corrected chi connectivity index (χ1v) is 7.64. The third-order valence-corrected chi connectivity index (χ3v) is 3.91. The Morgan fingerprint density at radius 1 is 1.33 bits per heavy atom. The number of amides is 1. The van der Waals surface area contributed by atoms with Crippen LogP contribution in [0.2, 0.25) is 0 Å². The molecule has 3 rings (SSSR count). The van der Waals surface area contributed by atoms with Gasteiger partial charge in [0.05, 0.1) is 37.6 Å². The second-order valence-electron chi connectivity index (χ2n) is 5.71. The molecule has 1 aliphatic rings. The van der Waals surface area contributed by atoms with Gasteiger partial charge in [0.1, 0.15) is 0 Å². The molecule has 0 bridgehead atoms. The number of carboxylic acid groups (broad SMARTS) is 1. The summed E-state index contributed by atoms with van der Waals surface area (Å²) in [5, 5.41) is 16.9. The molecule has 1 aromatic heterocycles. The van der Waals surface area contributed by atoms with Gasteiger partial charge in [-0.25, -0.2) is 4.68 Å². The summed E-state index contributed by atoms with van der Waals surface area (Å²) < 4.78 is 6.81. The molecular weight excluding hydrogens is 312 g/mol. The predicted molar refractivity (Wildman–Crippen MR) is 84.0 cm³/mol. The number of ether oxygens (including phenoxy) is 1. The first kappa shape index (κ1) is 16.1. The van der Waals surface area contributed by atoms with Gasteiger partial charge in [0, 0.05) is 6.54 Å². The molecule has 1 aromatic carbocycles. The van der Waals surface area contributed by atoms with Gasteiger partial charge in [0.2, 0.25) is 0 Å². The minimum Gasteiger partial charge on any atom is -0.481 e. The van der Waals surface area contributed by atoms with Crippen molar-refractivity contribution in [1.29, 1.82) is 0 Å². The lowest BCUT2D eigenvalue weighted by molar-refractivity contribution is -0.139. The van der Waals surface area contributed by atoms with Crippen LogP contribution in [-0.4, -0.2) is 62.7 Å². The van der Waals surface area contributed by atoms with E-state index >= 15 is 0 Å². The van der Waals surface area contributed by atoms with Gasteiger partial charge in [-0.1, -0.05) is 22.9 Å². The molecule has 1 saturated heterocycles. The van der Waals surface area contributed by atoms with Crippen molar-refractivity contribution in [3.63, 3.8) is 0 Å². The highest BCUT2D eigenvalue weighted by atomic mass is 16.5. The van der Waals surface area contributed by atoms with E-state index in [1.54, 1.807) is 6.20 Å². The average molecular weight is 330 g/mol. The number of hydrogen-bond donors (Lipinski definition) is 1. The monoisotopic (exact) mass is 330 g/mol. The quantitative estimate of drug-likeness (QED) is 0.894. The minimum absolute atomic E-state index is 0.155. The van der Waals surface area contributed by atoms with Crippen LogP contribution in [0.4, 0.5) is 0 Å². The van der Waals surface area contributed by atoms with E-state index in [0.29, 0.717) is 13.2 Å². The number of rotatable bonds is 4. The number of morpholine rings is 1. The largest absolute Gasteiger partial charge is 0.481 e. The third-order valence-electron chi connectivity index (χ3n) is 3.91. The lowest BCUT2D eigenvalue weighted by Crippen LogP contribution is -2.49. The number of carboxylic acids is 1. The summed E-state index contributed by atoms with van der Waals surface area (Å²) in [5.41, 5.74) is 2.11. The predicted octanol–water partition coefficient (Wildman–Crippen LogP) is 0.891. The highest BCUT2D eigenvalue weighted by Gasteiger charge is 2.31. The van der Waals surface area contributed by atoms with E-state index < -0.39 is 12.0 Å². The fourth-order valence-electron chi connectivity index (χ4n) is 2.63. The van der Waals surface area contributed by atoms with E-state index in [0.717, 1.165) is 11.3 Å². The number of carbonyl (C=O) groups is 2. The lowest BCUT2D eigenvalue weighted by Gasteiger charge is -2.34.